The summed E-state index contributed by atoms with van der Waals surface area (Å²) in [5.41, 5.74) is 3.53. The maximum absolute atomic E-state index is 13.3. The number of aliphatic hydroxyl groups excluding tert-OH is 1. The predicted molar refractivity (Wildman–Crippen MR) is 383 cm³/mol. The minimum atomic E-state index is -4.87. The molecule has 556 valence electrons. The average Bonchev–Trinajstić information content (AvgIpc) is 1.65. The fourth-order valence-corrected chi connectivity index (χ4v) is 15.1. The Balaban J connectivity index is 0.000000281. The van der Waals surface area contributed by atoms with Gasteiger partial charge in [0, 0.05) is 73.6 Å². The molecule has 0 radical (unpaired) electrons. The number of carbonyl (C=O) groups excluding carboxylic acids is 4. The SMILES string of the molecule is CC(C)(C)[Si](C)(C)OCCO.Cc1cc(N(C)C(=O)Cl)cc(C)c1/C=C/S(=O)(=O)N1CCC2(CC1)N=C(c1cccc(OC(F)(F)F)c1)NC2=O.Cc1cc(N(C)C(=O)OCCO[Si](C)(C)C(C)(C)C)cc(C)c1/C=C/S(=O)(=O)N1CCC2(CC1)N=C(c1cccc(OC(F)(F)F)c1)NC2=O. The highest BCUT2D eigenvalue weighted by atomic mass is 35.5. The lowest BCUT2D eigenvalue weighted by Gasteiger charge is -2.36. The number of aryl methyl sites for hydroxylation is 4. The number of ether oxygens (including phenoxy) is 3. The van der Waals surface area contributed by atoms with E-state index < -0.39 is 95.3 Å². The minimum Gasteiger partial charge on any atom is -0.447 e. The number of amidine groups is 2. The molecule has 0 aromatic heterocycles. The topological polar surface area (TPSA) is 265 Å². The summed E-state index contributed by atoms with van der Waals surface area (Å²) in [6.45, 7) is 29.9. The zero-order chi connectivity index (χ0) is 75.9. The van der Waals surface area contributed by atoms with E-state index >= 15 is 0 Å². The molecule has 3 N–H and O–H groups in total. The quantitative estimate of drug-likeness (QED) is 0.0259. The summed E-state index contributed by atoms with van der Waals surface area (Å²) in [5, 5.41) is 15.7. The second kappa shape index (κ2) is 32.3. The van der Waals surface area contributed by atoms with Crippen LogP contribution in [0.15, 0.2) is 93.6 Å². The third-order valence-corrected chi connectivity index (χ3v) is 31.1. The summed E-state index contributed by atoms with van der Waals surface area (Å²) in [7, 11) is -8.14. The Morgan fingerprint density at radius 3 is 1.27 bits per heavy atom. The van der Waals surface area contributed by atoms with Gasteiger partial charge in [-0.3, -0.25) is 29.3 Å². The number of anilines is 2. The first-order valence-corrected chi connectivity index (χ1v) is 41.5. The van der Waals surface area contributed by atoms with Crippen molar-refractivity contribution >= 4 is 107 Å². The van der Waals surface area contributed by atoms with E-state index in [9.17, 15) is 62.4 Å². The Bertz CT molecular complexity index is 4020. The van der Waals surface area contributed by atoms with Crippen LogP contribution < -0.4 is 29.9 Å². The van der Waals surface area contributed by atoms with Crippen LogP contribution in [0.5, 0.6) is 11.5 Å². The lowest BCUT2D eigenvalue weighted by atomic mass is 9.89. The molecule has 4 aromatic rings. The molecule has 0 saturated carbocycles. The Hall–Kier alpha value is -7.02. The van der Waals surface area contributed by atoms with Gasteiger partial charge >= 0.3 is 24.2 Å². The van der Waals surface area contributed by atoms with Gasteiger partial charge in [-0.1, -0.05) is 65.8 Å². The van der Waals surface area contributed by atoms with Gasteiger partial charge in [0.2, 0.25) is 20.0 Å². The molecule has 2 fully saturated rings. The van der Waals surface area contributed by atoms with Crippen LogP contribution in [0.2, 0.25) is 36.3 Å². The summed E-state index contributed by atoms with van der Waals surface area (Å²) < 4.78 is 156. The highest BCUT2D eigenvalue weighted by molar-refractivity contribution is 7.92. The van der Waals surface area contributed by atoms with Crippen molar-refractivity contribution in [1.82, 2.24) is 19.2 Å². The minimum absolute atomic E-state index is 0.0127. The molecule has 0 bridgehead atoms. The van der Waals surface area contributed by atoms with Crippen molar-refractivity contribution in [1.29, 1.82) is 0 Å². The van der Waals surface area contributed by atoms with Gasteiger partial charge in [0.05, 0.1) is 19.8 Å². The first kappa shape index (κ1) is 82.9. The molecule has 33 heteroatoms. The van der Waals surface area contributed by atoms with Gasteiger partial charge in [-0.05, 0) is 195 Å². The Kier molecular flexibility index (Phi) is 26.6. The summed E-state index contributed by atoms with van der Waals surface area (Å²) in [6.07, 6.45) is -6.90. The Morgan fingerprint density at radius 1 is 0.594 bits per heavy atom. The van der Waals surface area contributed by atoms with Gasteiger partial charge in [-0.2, -0.15) is 8.61 Å². The molecule has 0 unspecified atom stereocenters. The van der Waals surface area contributed by atoms with E-state index in [1.54, 1.807) is 45.2 Å². The van der Waals surface area contributed by atoms with Crippen LogP contribution >= 0.6 is 11.6 Å². The smallest absolute Gasteiger partial charge is 0.447 e. The Morgan fingerprint density at radius 2 is 0.941 bits per heavy atom. The van der Waals surface area contributed by atoms with E-state index in [0.29, 0.717) is 35.7 Å². The molecule has 2 saturated heterocycles. The molecular weight excluding hydrogens is 1420 g/mol. The summed E-state index contributed by atoms with van der Waals surface area (Å²) in [5.74, 6) is -1.58. The van der Waals surface area contributed by atoms with Crippen molar-refractivity contribution < 1.29 is 90.5 Å². The first-order chi connectivity index (χ1) is 46.4. The van der Waals surface area contributed by atoms with Crippen LogP contribution in [0.25, 0.3) is 12.2 Å². The van der Waals surface area contributed by atoms with Crippen LogP contribution in [0.4, 0.5) is 47.3 Å². The maximum Gasteiger partial charge on any atom is 0.573 e. The second-order valence-corrected chi connectivity index (χ2v) is 41.5. The van der Waals surface area contributed by atoms with E-state index in [-0.39, 0.29) is 98.0 Å². The summed E-state index contributed by atoms with van der Waals surface area (Å²) in [4.78, 5) is 61.7. The molecule has 8 rings (SSSR count). The number of amides is 4. The van der Waals surface area contributed by atoms with Gasteiger partial charge in [0.1, 0.15) is 40.9 Å². The monoisotopic (exact) mass is 1510 g/mol. The fourth-order valence-electron chi connectivity index (χ4n) is 10.6. The van der Waals surface area contributed by atoms with Crippen LogP contribution in [0.3, 0.4) is 0 Å². The standard InChI is InChI=1S/C34H45F3N4O7SSi.C26H26ClF3N4O5S.C8H20O2Si/c1-23-20-26(40(6)31(43)46-17-18-47-50(7,8)32(3,4)5)21-24(2)28(23)12-19-49(44,45)41-15-13-33(14-16-41)30(42)38-29(39-33)25-10-9-11-27(22-25)48-34(35,36)37;1-16-13-19(33(3)24(27)36)14-17(2)21(16)7-12-40(37,38)34-10-8-25(9-11-34)23(35)31-22(32-25)18-5-4-6-20(15-18)39-26(28,29)30;1-8(2,3)11(4,5)10-7-6-9/h9-12,19-22H,13-18H2,1-8H3,(H,38,39,42);4-7,12-15H,8-11H2,1-3H3,(H,31,32,35);9H,6-7H2,1-5H3/b19-12+;12-7+;. The van der Waals surface area contributed by atoms with Gasteiger partial charge in [-0.15, -0.1) is 26.3 Å². The van der Waals surface area contributed by atoms with Crippen molar-refractivity contribution in [2.75, 3.05) is 76.5 Å². The van der Waals surface area contributed by atoms with Crippen LogP contribution in [0.1, 0.15) is 112 Å². The first-order valence-electron chi connectivity index (χ1n) is 32.3. The molecule has 2 spiro atoms. The highest BCUT2D eigenvalue weighted by Crippen LogP contribution is 2.40. The van der Waals surface area contributed by atoms with Crippen LogP contribution in [0, 0.1) is 27.7 Å². The van der Waals surface area contributed by atoms with Crippen molar-refractivity contribution in [3.63, 3.8) is 0 Å². The number of sulfonamides is 2. The molecular formula is C68H91ClF6N8O14S2Si2. The molecule has 22 nitrogen and oxygen atoms in total. The zero-order valence-electron chi connectivity index (χ0n) is 59.6. The van der Waals surface area contributed by atoms with Crippen LogP contribution in [-0.4, -0.2) is 173 Å². The molecule has 4 aromatic carbocycles. The third-order valence-electron chi connectivity index (χ3n) is 18.7. The zero-order valence-corrected chi connectivity index (χ0v) is 64.0. The number of carbonyl (C=O) groups is 4. The number of aliphatic imine (C=N–C) groups is 2. The fraction of sp³-hybridized carbons (Fsp3) is 0.500. The Labute approximate surface area is 594 Å². The number of aliphatic hydroxyl groups is 1. The van der Waals surface area contributed by atoms with Crippen molar-refractivity contribution in [3.8, 4) is 11.5 Å². The van der Waals surface area contributed by atoms with E-state index in [2.05, 4.69) is 97.8 Å². The average molecular weight is 1510 g/mol. The largest absolute Gasteiger partial charge is 0.573 e. The van der Waals surface area contributed by atoms with E-state index in [0.717, 1.165) is 57.3 Å². The van der Waals surface area contributed by atoms with Crippen molar-refractivity contribution in [2.24, 2.45) is 9.98 Å². The van der Waals surface area contributed by atoms with Crippen LogP contribution in [-0.2, 0) is 43.2 Å². The number of nitrogens with one attached hydrogen (secondary N) is 2. The molecule has 0 aliphatic carbocycles. The van der Waals surface area contributed by atoms with E-state index in [4.69, 9.17) is 30.3 Å². The molecule has 4 aliphatic heterocycles. The molecule has 0 atom stereocenters. The van der Waals surface area contributed by atoms with E-state index in [1.165, 1.54) is 61.9 Å². The third kappa shape index (κ3) is 21.8. The molecule has 4 heterocycles. The number of halogens is 7. The van der Waals surface area contributed by atoms with Gasteiger partial charge < -0.3 is 43.7 Å². The number of hydrogen-bond donors (Lipinski definition) is 3. The van der Waals surface area contributed by atoms with Gasteiger partial charge in [0.15, 0.2) is 16.6 Å². The summed E-state index contributed by atoms with van der Waals surface area (Å²) >= 11 is 5.55. The van der Waals surface area contributed by atoms with Crippen molar-refractivity contribution in [3.05, 3.63) is 128 Å². The number of alkyl halides is 6. The summed E-state index contributed by atoms with van der Waals surface area (Å²) in [6, 6.07) is 17.2. The lowest BCUT2D eigenvalue weighted by molar-refractivity contribution is -0.275. The predicted octanol–water partition coefficient (Wildman–Crippen LogP) is 13.2. The maximum atomic E-state index is 13.3. The number of piperidine rings is 2. The van der Waals surface area contributed by atoms with Gasteiger partial charge in [-0.25, -0.2) is 21.6 Å². The molecule has 4 aliphatic rings. The van der Waals surface area contributed by atoms with E-state index in [1.807, 2.05) is 13.8 Å². The normalized spacial score (nSPS) is 17.0. The highest BCUT2D eigenvalue weighted by Gasteiger charge is 2.49. The number of rotatable bonds is 19. The molecule has 101 heavy (non-hydrogen) atoms. The van der Waals surface area contributed by atoms with Crippen molar-refractivity contribution in [2.45, 2.75) is 155 Å². The number of hydrogen-bond acceptors (Lipinski definition) is 16. The molecule has 4 amide bonds. The second-order valence-electron chi connectivity index (χ2n) is 27.9. The van der Waals surface area contributed by atoms with Gasteiger partial charge in [0.25, 0.3) is 11.8 Å². The number of benzene rings is 4. The number of nitrogens with zero attached hydrogens (tertiary/aromatic N) is 6. The lowest BCUT2D eigenvalue weighted by Crippen LogP contribution is -2.50.